The van der Waals surface area contributed by atoms with E-state index in [1.165, 1.54) is 5.56 Å². The third-order valence-corrected chi connectivity index (χ3v) is 4.14. The Labute approximate surface area is 122 Å². The summed E-state index contributed by atoms with van der Waals surface area (Å²) in [5.41, 5.74) is 1.45. The molecular formula is C15H29N3S. The first-order chi connectivity index (χ1) is 9.13. The van der Waals surface area contributed by atoms with Gasteiger partial charge in [-0.1, -0.05) is 6.92 Å². The molecule has 1 N–H and O–H groups in total. The average molecular weight is 283 g/mol. The smallest absolute Gasteiger partial charge is 0.0195 e. The minimum absolute atomic E-state index is 0.624. The molecule has 3 nitrogen and oxygen atoms in total. The van der Waals surface area contributed by atoms with E-state index in [4.69, 9.17) is 0 Å². The van der Waals surface area contributed by atoms with Crippen LogP contribution in [0.15, 0.2) is 16.8 Å². The van der Waals surface area contributed by atoms with Crippen LogP contribution in [-0.2, 0) is 6.42 Å². The zero-order valence-corrected chi connectivity index (χ0v) is 13.7. The molecule has 1 aromatic heterocycles. The highest BCUT2D eigenvalue weighted by molar-refractivity contribution is 7.07. The Bertz CT molecular complexity index is 311. The Morgan fingerprint density at radius 2 is 2.11 bits per heavy atom. The lowest BCUT2D eigenvalue weighted by molar-refractivity contribution is 0.182. The van der Waals surface area contributed by atoms with Gasteiger partial charge in [-0.2, -0.15) is 11.3 Å². The van der Waals surface area contributed by atoms with Gasteiger partial charge in [-0.15, -0.1) is 0 Å². The normalized spacial score (nSPS) is 13.4. The fourth-order valence-electron chi connectivity index (χ4n) is 2.35. The molecule has 1 aromatic rings. The molecule has 1 rings (SSSR count). The topological polar surface area (TPSA) is 18.5 Å². The maximum Gasteiger partial charge on any atom is 0.0195 e. The van der Waals surface area contributed by atoms with Crippen LogP contribution in [-0.4, -0.2) is 62.7 Å². The lowest BCUT2D eigenvalue weighted by Crippen LogP contribution is -2.43. The van der Waals surface area contributed by atoms with Gasteiger partial charge in [0.2, 0.25) is 0 Å². The predicted octanol–water partition coefficient (Wildman–Crippen LogP) is 2.15. The molecular weight excluding hydrogens is 254 g/mol. The second-order valence-corrected chi connectivity index (χ2v) is 6.15. The average Bonchev–Trinajstić information content (AvgIpc) is 2.85. The SMILES string of the molecule is CCN(CCNCCc1ccsc1)C(C)CN(C)C. The second-order valence-electron chi connectivity index (χ2n) is 5.37. The van der Waals surface area contributed by atoms with Crippen molar-refractivity contribution in [2.24, 2.45) is 0 Å². The highest BCUT2D eigenvalue weighted by Crippen LogP contribution is 2.05. The first-order valence-electron chi connectivity index (χ1n) is 7.24. The van der Waals surface area contributed by atoms with Crippen molar-refractivity contribution in [3.8, 4) is 0 Å². The third-order valence-electron chi connectivity index (χ3n) is 3.41. The van der Waals surface area contributed by atoms with Crippen LogP contribution in [0, 0.1) is 0 Å². The number of likely N-dealkylation sites (N-methyl/N-ethyl adjacent to an activating group) is 2. The first-order valence-corrected chi connectivity index (χ1v) is 8.18. The van der Waals surface area contributed by atoms with E-state index in [1.807, 2.05) is 0 Å². The summed E-state index contributed by atoms with van der Waals surface area (Å²) in [5, 5.41) is 7.93. The molecule has 0 fully saturated rings. The van der Waals surface area contributed by atoms with E-state index >= 15 is 0 Å². The minimum Gasteiger partial charge on any atom is -0.315 e. The van der Waals surface area contributed by atoms with Crippen LogP contribution in [0.1, 0.15) is 19.4 Å². The van der Waals surface area contributed by atoms with E-state index in [9.17, 15) is 0 Å². The highest BCUT2D eigenvalue weighted by atomic mass is 32.1. The molecule has 0 amide bonds. The Kier molecular flexibility index (Phi) is 8.30. The maximum atomic E-state index is 3.55. The van der Waals surface area contributed by atoms with Crippen LogP contribution in [0.3, 0.4) is 0 Å². The fourth-order valence-corrected chi connectivity index (χ4v) is 3.05. The molecule has 0 saturated carbocycles. The lowest BCUT2D eigenvalue weighted by Gasteiger charge is -2.30. The zero-order chi connectivity index (χ0) is 14.1. The summed E-state index contributed by atoms with van der Waals surface area (Å²) in [5.74, 6) is 0. The van der Waals surface area contributed by atoms with E-state index in [-0.39, 0.29) is 0 Å². The maximum absolute atomic E-state index is 3.55. The second kappa shape index (κ2) is 9.48. The lowest BCUT2D eigenvalue weighted by atomic mass is 10.2. The summed E-state index contributed by atoms with van der Waals surface area (Å²) >= 11 is 1.78. The van der Waals surface area contributed by atoms with Crippen molar-refractivity contribution in [1.29, 1.82) is 0 Å². The van der Waals surface area contributed by atoms with Gasteiger partial charge in [-0.05, 0) is 62.9 Å². The van der Waals surface area contributed by atoms with E-state index in [1.54, 1.807) is 11.3 Å². The molecule has 0 aliphatic rings. The van der Waals surface area contributed by atoms with E-state index in [0.29, 0.717) is 6.04 Å². The van der Waals surface area contributed by atoms with Gasteiger partial charge < -0.3 is 10.2 Å². The van der Waals surface area contributed by atoms with Crippen molar-refractivity contribution < 1.29 is 0 Å². The van der Waals surface area contributed by atoms with Crippen molar-refractivity contribution in [3.63, 3.8) is 0 Å². The minimum atomic E-state index is 0.624. The van der Waals surface area contributed by atoms with Gasteiger partial charge in [0.25, 0.3) is 0 Å². The van der Waals surface area contributed by atoms with E-state index in [2.05, 4.69) is 59.9 Å². The summed E-state index contributed by atoms with van der Waals surface area (Å²) in [6, 6.07) is 2.84. The molecule has 0 spiro atoms. The molecule has 19 heavy (non-hydrogen) atoms. The molecule has 4 heteroatoms. The van der Waals surface area contributed by atoms with Crippen LogP contribution < -0.4 is 5.32 Å². The summed E-state index contributed by atoms with van der Waals surface area (Å²) in [6.07, 6.45) is 1.14. The Balaban J connectivity index is 2.11. The first kappa shape index (κ1) is 16.6. The van der Waals surface area contributed by atoms with Gasteiger partial charge in [0.1, 0.15) is 0 Å². The number of rotatable bonds is 10. The number of nitrogens with one attached hydrogen (secondary N) is 1. The van der Waals surface area contributed by atoms with Gasteiger partial charge in [0, 0.05) is 25.7 Å². The van der Waals surface area contributed by atoms with Gasteiger partial charge >= 0.3 is 0 Å². The molecule has 0 saturated heterocycles. The van der Waals surface area contributed by atoms with E-state index < -0.39 is 0 Å². The molecule has 0 aliphatic carbocycles. The van der Waals surface area contributed by atoms with Crippen LogP contribution in [0.2, 0.25) is 0 Å². The van der Waals surface area contributed by atoms with Gasteiger partial charge in [0.15, 0.2) is 0 Å². The van der Waals surface area contributed by atoms with Crippen molar-refractivity contribution in [2.45, 2.75) is 26.3 Å². The number of hydrogen-bond acceptors (Lipinski definition) is 4. The standard InChI is InChI=1S/C15H29N3S/c1-5-18(14(2)12-17(3)4)10-9-16-8-6-15-7-11-19-13-15/h7,11,13-14,16H,5-6,8-10,12H2,1-4H3. The summed E-state index contributed by atoms with van der Waals surface area (Å²) in [6.45, 7) is 10.1. The molecule has 0 radical (unpaired) electrons. The molecule has 0 aliphatic heterocycles. The van der Waals surface area contributed by atoms with Crippen molar-refractivity contribution in [1.82, 2.24) is 15.1 Å². The number of thiophene rings is 1. The van der Waals surface area contributed by atoms with E-state index in [0.717, 1.165) is 39.1 Å². The Hall–Kier alpha value is -0.420. The predicted molar refractivity (Wildman–Crippen MR) is 86.2 cm³/mol. The van der Waals surface area contributed by atoms with Gasteiger partial charge in [-0.25, -0.2) is 0 Å². The summed E-state index contributed by atoms with van der Waals surface area (Å²) in [4.78, 5) is 4.80. The fraction of sp³-hybridized carbons (Fsp3) is 0.733. The highest BCUT2D eigenvalue weighted by Gasteiger charge is 2.11. The quantitative estimate of drug-likeness (QED) is 0.664. The third kappa shape index (κ3) is 7.06. The molecule has 1 heterocycles. The molecule has 1 unspecified atom stereocenters. The molecule has 0 bridgehead atoms. The molecule has 110 valence electrons. The van der Waals surface area contributed by atoms with Crippen LogP contribution in [0.25, 0.3) is 0 Å². The Morgan fingerprint density at radius 3 is 2.68 bits per heavy atom. The molecule has 1 atom stereocenters. The van der Waals surface area contributed by atoms with Gasteiger partial charge in [-0.3, -0.25) is 4.90 Å². The van der Waals surface area contributed by atoms with Crippen molar-refractivity contribution in [2.75, 3.05) is 46.8 Å². The largest absolute Gasteiger partial charge is 0.315 e. The molecule has 0 aromatic carbocycles. The van der Waals surface area contributed by atoms with Crippen LogP contribution in [0.5, 0.6) is 0 Å². The number of nitrogens with zero attached hydrogens (tertiary/aromatic N) is 2. The zero-order valence-electron chi connectivity index (χ0n) is 12.9. The monoisotopic (exact) mass is 283 g/mol. The Morgan fingerprint density at radius 1 is 1.32 bits per heavy atom. The van der Waals surface area contributed by atoms with Crippen LogP contribution >= 0.6 is 11.3 Å². The number of hydrogen-bond donors (Lipinski definition) is 1. The van der Waals surface area contributed by atoms with Crippen LogP contribution in [0.4, 0.5) is 0 Å². The van der Waals surface area contributed by atoms with Crippen molar-refractivity contribution >= 4 is 11.3 Å². The summed E-state index contributed by atoms with van der Waals surface area (Å²) in [7, 11) is 4.28. The van der Waals surface area contributed by atoms with Gasteiger partial charge in [0.05, 0.1) is 0 Å². The summed E-state index contributed by atoms with van der Waals surface area (Å²) < 4.78 is 0. The van der Waals surface area contributed by atoms with Crippen molar-refractivity contribution in [3.05, 3.63) is 22.4 Å².